The molecule has 3 aliphatic carbocycles. The number of ketones is 1. The van der Waals surface area contributed by atoms with Gasteiger partial charge in [-0.15, -0.1) is 0 Å². The lowest BCUT2D eigenvalue weighted by Crippen LogP contribution is -2.51. The fourth-order valence-corrected chi connectivity index (χ4v) is 5.64. The van der Waals surface area contributed by atoms with E-state index in [-0.39, 0.29) is 22.5 Å². The van der Waals surface area contributed by atoms with E-state index < -0.39 is 5.60 Å². The van der Waals surface area contributed by atoms with Crippen molar-refractivity contribution in [1.29, 1.82) is 0 Å². The van der Waals surface area contributed by atoms with Crippen LogP contribution in [0.1, 0.15) is 53.4 Å². The van der Waals surface area contributed by atoms with E-state index in [0.29, 0.717) is 18.3 Å². The summed E-state index contributed by atoms with van der Waals surface area (Å²) in [6.45, 7) is 8.61. The highest BCUT2D eigenvalue weighted by molar-refractivity contribution is 5.89. The van der Waals surface area contributed by atoms with E-state index in [0.717, 1.165) is 6.42 Å². The Bertz CT molecular complexity index is 382. The molecule has 0 radical (unpaired) electrons. The summed E-state index contributed by atoms with van der Waals surface area (Å²) in [6, 6.07) is 0. The average Bonchev–Trinajstić information content (AvgIpc) is 2.61. The second kappa shape index (κ2) is 2.96. The van der Waals surface area contributed by atoms with E-state index in [9.17, 15) is 9.90 Å². The first-order chi connectivity index (χ1) is 7.73. The summed E-state index contributed by atoms with van der Waals surface area (Å²) in [5, 5.41) is 10.6. The lowest BCUT2D eigenvalue weighted by molar-refractivity contribution is -0.152. The number of aliphatic hydroxyl groups is 1. The predicted octanol–water partition coefficient (Wildman–Crippen LogP) is 2.79. The summed E-state index contributed by atoms with van der Waals surface area (Å²) in [4.78, 5) is 12.3. The van der Waals surface area contributed by atoms with Crippen LogP contribution in [0.5, 0.6) is 0 Å². The van der Waals surface area contributed by atoms with Crippen molar-refractivity contribution < 1.29 is 9.90 Å². The topological polar surface area (TPSA) is 37.3 Å². The molecule has 0 amide bonds. The quantitative estimate of drug-likeness (QED) is 0.702. The minimum atomic E-state index is -1.08. The van der Waals surface area contributed by atoms with Crippen LogP contribution >= 0.6 is 0 Å². The second-order valence-electron chi connectivity index (χ2n) is 7.59. The minimum absolute atomic E-state index is 0.0954. The fourth-order valence-electron chi connectivity index (χ4n) is 5.64. The first-order valence-corrected chi connectivity index (χ1v) is 6.98. The highest BCUT2D eigenvalue weighted by Gasteiger charge is 2.70. The van der Waals surface area contributed by atoms with Gasteiger partial charge in [0.05, 0.1) is 0 Å². The lowest BCUT2D eigenvalue weighted by atomic mass is 9.63. The van der Waals surface area contributed by atoms with Crippen molar-refractivity contribution in [3.05, 3.63) is 0 Å². The number of carbonyl (C=O) groups excluding carboxylic acids is 1. The largest absolute Gasteiger partial charge is 0.382 e. The Morgan fingerprint density at radius 1 is 1.18 bits per heavy atom. The molecule has 3 saturated carbocycles. The van der Waals surface area contributed by atoms with Crippen molar-refractivity contribution in [2.45, 2.75) is 59.0 Å². The van der Waals surface area contributed by atoms with Crippen molar-refractivity contribution in [3.8, 4) is 0 Å². The Morgan fingerprint density at radius 3 is 2.47 bits per heavy atom. The van der Waals surface area contributed by atoms with Crippen LogP contribution in [0.4, 0.5) is 0 Å². The van der Waals surface area contributed by atoms with Gasteiger partial charge in [0.2, 0.25) is 0 Å². The molecule has 1 N–H and O–H groups in total. The van der Waals surface area contributed by atoms with Crippen LogP contribution in [0.3, 0.4) is 0 Å². The van der Waals surface area contributed by atoms with Crippen molar-refractivity contribution in [3.63, 3.8) is 0 Å². The van der Waals surface area contributed by atoms with E-state index in [1.165, 1.54) is 12.8 Å². The maximum Gasteiger partial charge on any atom is 0.164 e. The Hall–Kier alpha value is -0.370. The number of carbonyl (C=O) groups is 1. The van der Waals surface area contributed by atoms with E-state index in [1.807, 2.05) is 0 Å². The summed E-state index contributed by atoms with van der Waals surface area (Å²) in [6.07, 6.45) is 4.18. The predicted molar refractivity (Wildman–Crippen MR) is 66.5 cm³/mol. The summed E-state index contributed by atoms with van der Waals surface area (Å²) in [7, 11) is 0. The molecule has 0 aromatic rings. The van der Waals surface area contributed by atoms with Gasteiger partial charge in [-0.25, -0.2) is 0 Å². The van der Waals surface area contributed by atoms with Crippen LogP contribution in [0.2, 0.25) is 0 Å². The third-order valence-electron chi connectivity index (χ3n) is 6.68. The lowest BCUT2D eigenvalue weighted by Gasteiger charge is -2.42. The summed E-state index contributed by atoms with van der Waals surface area (Å²) in [5.74, 6) is 1.53. The monoisotopic (exact) mass is 236 g/mol. The van der Waals surface area contributed by atoms with Crippen LogP contribution in [-0.2, 0) is 4.79 Å². The molecule has 96 valence electrons. The number of fused-ring (bicyclic) bond motifs is 1. The second-order valence-corrected chi connectivity index (χ2v) is 7.59. The number of Topliss-reactive ketones (excluding diaryl/α,β-unsaturated/α-hetero) is 1. The first-order valence-electron chi connectivity index (χ1n) is 6.98. The molecule has 0 heterocycles. The van der Waals surface area contributed by atoms with Crippen LogP contribution < -0.4 is 0 Å². The van der Waals surface area contributed by atoms with Crippen molar-refractivity contribution in [2.75, 3.05) is 0 Å². The van der Waals surface area contributed by atoms with Gasteiger partial charge >= 0.3 is 0 Å². The molecule has 2 nitrogen and oxygen atoms in total. The molecule has 3 aliphatic rings. The molecular formula is C15H24O2. The molecule has 0 aromatic carbocycles. The van der Waals surface area contributed by atoms with Gasteiger partial charge in [0.15, 0.2) is 5.78 Å². The van der Waals surface area contributed by atoms with E-state index in [4.69, 9.17) is 0 Å². The number of hydrogen-bond acceptors (Lipinski definition) is 2. The van der Waals surface area contributed by atoms with Crippen LogP contribution in [0, 0.1) is 28.6 Å². The molecule has 2 unspecified atom stereocenters. The summed E-state index contributed by atoms with van der Waals surface area (Å²) in [5.41, 5.74) is -0.757. The van der Waals surface area contributed by atoms with Crippen LogP contribution in [-0.4, -0.2) is 16.5 Å². The molecule has 17 heavy (non-hydrogen) atoms. The molecule has 2 heteroatoms. The molecule has 2 bridgehead atoms. The zero-order valence-electron chi connectivity index (χ0n) is 11.4. The summed E-state index contributed by atoms with van der Waals surface area (Å²) >= 11 is 0. The Balaban J connectivity index is 2.13. The number of hydrogen-bond donors (Lipinski definition) is 1. The minimum Gasteiger partial charge on any atom is -0.382 e. The highest BCUT2D eigenvalue weighted by Crippen LogP contribution is 2.72. The normalized spacial score (nSPS) is 56.1. The van der Waals surface area contributed by atoms with E-state index in [2.05, 4.69) is 20.8 Å². The molecular weight excluding hydrogens is 212 g/mol. The highest BCUT2D eigenvalue weighted by atomic mass is 16.3. The van der Waals surface area contributed by atoms with Gasteiger partial charge in [-0.05, 0) is 48.9 Å². The first kappa shape index (κ1) is 11.7. The molecule has 0 saturated heterocycles. The zero-order chi connectivity index (χ0) is 12.6. The summed E-state index contributed by atoms with van der Waals surface area (Å²) < 4.78 is 0. The standard InChI is InChI=1S/C15H24O2/c1-9-5-6-10-13(2,3)11-7-15(9,10)8-12(16)14(11,4)17/h9-11,17H,5-8H2,1-4H3/t9?,10?,11-,14-,15-/m1/s1. The van der Waals surface area contributed by atoms with Crippen molar-refractivity contribution in [1.82, 2.24) is 0 Å². The molecule has 0 aliphatic heterocycles. The third kappa shape index (κ3) is 1.13. The third-order valence-corrected chi connectivity index (χ3v) is 6.68. The Morgan fingerprint density at radius 2 is 1.82 bits per heavy atom. The van der Waals surface area contributed by atoms with Gasteiger partial charge < -0.3 is 5.11 Å². The van der Waals surface area contributed by atoms with Gasteiger partial charge in [-0.3, -0.25) is 4.79 Å². The van der Waals surface area contributed by atoms with E-state index >= 15 is 0 Å². The maximum absolute atomic E-state index is 12.3. The smallest absolute Gasteiger partial charge is 0.164 e. The molecule has 3 rings (SSSR count). The van der Waals surface area contributed by atoms with Crippen molar-refractivity contribution >= 4 is 5.78 Å². The maximum atomic E-state index is 12.3. The van der Waals surface area contributed by atoms with E-state index in [1.54, 1.807) is 6.92 Å². The van der Waals surface area contributed by atoms with Crippen LogP contribution in [0.25, 0.3) is 0 Å². The van der Waals surface area contributed by atoms with Gasteiger partial charge in [-0.2, -0.15) is 0 Å². The number of rotatable bonds is 0. The van der Waals surface area contributed by atoms with Gasteiger partial charge in [-0.1, -0.05) is 20.8 Å². The van der Waals surface area contributed by atoms with Crippen LogP contribution in [0.15, 0.2) is 0 Å². The molecule has 1 spiro atoms. The zero-order valence-corrected chi connectivity index (χ0v) is 11.4. The fraction of sp³-hybridized carbons (Fsp3) is 0.933. The Labute approximate surface area is 104 Å². The average molecular weight is 236 g/mol. The van der Waals surface area contributed by atoms with Gasteiger partial charge in [0, 0.05) is 12.3 Å². The SMILES string of the molecule is CC1CCC2C(C)(C)[C@H]3C[C@@]12CC(=O)[C@]3(C)O. The molecule has 5 atom stereocenters. The molecule has 3 fully saturated rings. The van der Waals surface area contributed by atoms with Gasteiger partial charge in [0.25, 0.3) is 0 Å². The van der Waals surface area contributed by atoms with Crippen molar-refractivity contribution in [2.24, 2.45) is 28.6 Å². The molecule has 0 aromatic heterocycles. The van der Waals surface area contributed by atoms with Gasteiger partial charge in [0.1, 0.15) is 5.60 Å². The Kier molecular flexibility index (Phi) is 2.04.